The summed E-state index contributed by atoms with van der Waals surface area (Å²) in [6.45, 7) is 8.27. The lowest BCUT2D eigenvalue weighted by molar-refractivity contribution is -0.137. The molecule has 0 saturated heterocycles. The van der Waals surface area contributed by atoms with E-state index in [0.717, 1.165) is 19.3 Å². The molecule has 6 heteroatoms. The van der Waals surface area contributed by atoms with Gasteiger partial charge < -0.3 is 19.5 Å². The van der Waals surface area contributed by atoms with Crippen molar-refractivity contribution in [3.8, 4) is 0 Å². The molecule has 1 rings (SSSR count). The molecular formula is C18H29NO5. The number of carbonyl (C=O) groups excluding carboxylic acids is 1. The van der Waals surface area contributed by atoms with Crippen LogP contribution >= 0.6 is 0 Å². The maximum atomic E-state index is 12.4. The van der Waals surface area contributed by atoms with Crippen molar-refractivity contribution in [1.82, 2.24) is 4.90 Å². The van der Waals surface area contributed by atoms with Crippen molar-refractivity contribution in [3.05, 3.63) is 22.5 Å². The lowest BCUT2D eigenvalue weighted by Crippen LogP contribution is -2.36. The molecule has 0 aromatic rings. The number of nitrogens with zero attached hydrogens (tertiary/aromatic N) is 1. The molecule has 1 heterocycles. The Morgan fingerprint density at radius 2 is 1.75 bits per heavy atom. The number of rotatable bonds is 9. The molecule has 0 spiro atoms. The Labute approximate surface area is 144 Å². The molecule has 0 aliphatic carbocycles. The summed E-state index contributed by atoms with van der Waals surface area (Å²) in [6, 6.07) is 0. The summed E-state index contributed by atoms with van der Waals surface area (Å²) in [4.78, 5) is 26.0. The fraction of sp³-hybridized carbons (Fsp3) is 0.667. The number of hydrogen-bond donors (Lipinski definition) is 1. The van der Waals surface area contributed by atoms with Crippen LogP contribution in [0, 0.1) is 5.92 Å². The summed E-state index contributed by atoms with van der Waals surface area (Å²) in [6.07, 6.45) is 3.52. The Hall–Kier alpha value is -1.82. The number of methoxy groups -OCH3 is 1. The normalized spacial score (nSPS) is 18.2. The number of carboxylic acids is 1. The molecule has 0 aromatic heterocycles. The molecule has 24 heavy (non-hydrogen) atoms. The fourth-order valence-corrected chi connectivity index (χ4v) is 3.16. The zero-order valence-electron chi connectivity index (χ0n) is 15.3. The highest BCUT2D eigenvalue weighted by Crippen LogP contribution is 2.38. The van der Waals surface area contributed by atoms with Gasteiger partial charge in [-0.05, 0) is 27.2 Å². The van der Waals surface area contributed by atoms with E-state index < -0.39 is 17.9 Å². The lowest BCUT2D eigenvalue weighted by Gasteiger charge is -2.36. The molecule has 1 atom stereocenters. The average molecular weight is 339 g/mol. The van der Waals surface area contributed by atoms with Gasteiger partial charge in [0.2, 0.25) is 0 Å². The molecule has 0 radical (unpaired) electrons. The monoisotopic (exact) mass is 339 g/mol. The van der Waals surface area contributed by atoms with Gasteiger partial charge in [0.25, 0.3) is 0 Å². The SMILES string of the molecule is CCCCCC1C(C(=O)O)=C(C)N(COCC)C(C)=C1C(=O)OC. The van der Waals surface area contributed by atoms with E-state index in [9.17, 15) is 14.7 Å². The van der Waals surface area contributed by atoms with Gasteiger partial charge in [0.15, 0.2) is 0 Å². The summed E-state index contributed by atoms with van der Waals surface area (Å²) in [5.41, 5.74) is 2.02. The molecule has 1 aliphatic rings. The molecule has 0 aromatic carbocycles. The van der Waals surface area contributed by atoms with E-state index >= 15 is 0 Å². The maximum absolute atomic E-state index is 12.4. The van der Waals surface area contributed by atoms with Crippen LogP contribution in [0.3, 0.4) is 0 Å². The third-order valence-corrected chi connectivity index (χ3v) is 4.44. The standard InChI is InChI=1S/C18H29NO5/c1-6-8-9-10-14-15(17(20)21)12(3)19(11-24-7-2)13(4)16(14)18(22)23-5/h14H,6-11H2,1-5H3,(H,20,21). The molecule has 1 unspecified atom stereocenters. The number of carboxylic acid groups (broad SMARTS) is 1. The van der Waals surface area contributed by atoms with Crippen molar-refractivity contribution in [2.45, 2.75) is 53.4 Å². The minimum atomic E-state index is -0.996. The highest BCUT2D eigenvalue weighted by atomic mass is 16.5. The molecule has 136 valence electrons. The molecule has 0 saturated carbocycles. The molecule has 6 nitrogen and oxygen atoms in total. The number of allylic oxidation sites excluding steroid dienone is 2. The van der Waals surface area contributed by atoms with Crippen LogP contribution in [0.5, 0.6) is 0 Å². The molecule has 1 N–H and O–H groups in total. The van der Waals surface area contributed by atoms with Crippen molar-refractivity contribution in [2.75, 3.05) is 20.4 Å². The minimum absolute atomic E-state index is 0.215. The van der Waals surface area contributed by atoms with Crippen LogP contribution in [-0.4, -0.2) is 42.4 Å². The van der Waals surface area contributed by atoms with Gasteiger partial charge >= 0.3 is 11.9 Å². The third kappa shape index (κ3) is 4.38. The second-order valence-corrected chi connectivity index (χ2v) is 5.89. The van der Waals surface area contributed by atoms with Crippen LogP contribution in [0.2, 0.25) is 0 Å². The van der Waals surface area contributed by atoms with E-state index in [1.54, 1.807) is 11.8 Å². The first kappa shape index (κ1) is 20.2. The topological polar surface area (TPSA) is 76.1 Å². The Balaban J connectivity index is 3.35. The molecule has 0 fully saturated rings. The summed E-state index contributed by atoms with van der Waals surface area (Å²) in [7, 11) is 1.32. The molecule has 0 amide bonds. The van der Waals surface area contributed by atoms with Gasteiger partial charge in [-0.25, -0.2) is 9.59 Å². The van der Waals surface area contributed by atoms with Crippen LogP contribution in [0.25, 0.3) is 0 Å². The van der Waals surface area contributed by atoms with Crippen molar-refractivity contribution in [2.24, 2.45) is 5.92 Å². The van der Waals surface area contributed by atoms with Crippen molar-refractivity contribution in [3.63, 3.8) is 0 Å². The summed E-state index contributed by atoms with van der Waals surface area (Å²) < 4.78 is 10.4. The average Bonchev–Trinajstić information content (AvgIpc) is 2.54. The first-order valence-corrected chi connectivity index (χ1v) is 8.48. The van der Waals surface area contributed by atoms with Crippen LogP contribution in [0.15, 0.2) is 22.5 Å². The Kier molecular flexibility index (Phi) is 7.98. The quantitative estimate of drug-likeness (QED) is 0.513. The van der Waals surface area contributed by atoms with E-state index in [2.05, 4.69) is 6.92 Å². The van der Waals surface area contributed by atoms with Crippen molar-refractivity contribution < 1.29 is 24.2 Å². The Morgan fingerprint density at radius 1 is 1.12 bits per heavy atom. The van der Waals surface area contributed by atoms with E-state index in [4.69, 9.17) is 9.47 Å². The first-order chi connectivity index (χ1) is 11.4. The minimum Gasteiger partial charge on any atom is -0.478 e. The van der Waals surface area contributed by atoms with Crippen LogP contribution in [-0.2, 0) is 19.1 Å². The second-order valence-electron chi connectivity index (χ2n) is 5.89. The molecule has 1 aliphatic heterocycles. The summed E-state index contributed by atoms with van der Waals surface area (Å²) in [5.74, 6) is -1.91. The number of carbonyl (C=O) groups is 2. The number of unbranched alkanes of at least 4 members (excludes halogenated alkanes) is 2. The first-order valence-electron chi connectivity index (χ1n) is 8.48. The van der Waals surface area contributed by atoms with E-state index in [-0.39, 0.29) is 12.3 Å². The number of ether oxygens (including phenoxy) is 2. The van der Waals surface area contributed by atoms with Gasteiger partial charge in [0.05, 0.1) is 18.3 Å². The number of hydrogen-bond acceptors (Lipinski definition) is 5. The molecular weight excluding hydrogens is 310 g/mol. The smallest absolute Gasteiger partial charge is 0.336 e. The second kappa shape index (κ2) is 9.47. The van der Waals surface area contributed by atoms with Crippen molar-refractivity contribution >= 4 is 11.9 Å². The fourth-order valence-electron chi connectivity index (χ4n) is 3.16. The summed E-state index contributed by atoms with van der Waals surface area (Å²) in [5, 5.41) is 9.74. The van der Waals surface area contributed by atoms with E-state index in [0.29, 0.717) is 30.0 Å². The Morgan fingerprint density at radius 3 is 2.25 bits per heavy atom. The Bertz CT molecular complexity index is 536. The van der Waals surface area contributed by atoms with Crippen LogP contribution in [0.1, 0.15) is 53.4 Å². The number of aliphatic carboxylic acids is 1. The van der Waals surface area contributed by atoms with Gasteiger partial charge in [-0.3, -0.25) is 0 Å². The maximum Gasteiger partial charge on any atom is 0.336 e. The highest BCUT2D eigenvalue weighted by Gasteiger charge is 2.38. The predicted octanol–water partition coefficient (Wildman–Crippen LogP) is 3.30. The van der Waals surface area contributed by atoms with Gasteiger partial charge in [-0.1, -0.05) is 26.2 Å². The van der Waals surface area contributed by atoms with Gasteiger partial charge in [0.1, 0.15) is 6.73 Å². The largest absolute Gasteiger partial charge is 0.478 e. The van der Waals surface area contributed by atoms with Gasteiger partial charge in [0, 0.05) is 23.9 Å². The third-order valence-electron chi connectivity index (χ3n) is 4.44. The number of esters is 1. The lowest BCUT2D eigenvalue weighted by atomic mass is 9.81. The van der Waals surface area contributed by atoms with Crippen molar-refractivity contribution in [1.29, 1.82) is 0 Å². The van der Waals surface area contributed by atoms with Crippen LogP contribution < -0.4 is 0 Å². The van der Waals surface area contributed by atoms with Crippen LogP contribution in [0.4, 0.5) is 0 Å². The zero-order chi connectivity index (χ0) is 18.3. The van der Waals surface area contributed by atoms with Gasteiger partial charge in [-0.2, -0.15) is 0 Å². The molecule has 0 bridgehead atoms. The van der Waals surface area contributed by atoms with E-state index in [1.807, 2.05) is 13.8 Å². The zero-order valence-corrected chi connectivity index (χ0v) is 15.3. The predicted molar refractivity (Wildman–Crippen MR) is 91.0 cm³/mol. The van der Waals surface area contributed by atoms with E-state index in [1.165, 1.54) is 7.11 Å². The highest BCUT2D eigenvalue weighted by molar-refractivity contribution is 5.97. The summed E-state index contributed by atoms with van der Waals surface area (Å²) >= 11 is 0. The van der Waals surface area contributed by atoms with Gasteiger partial charge in [-0.15, -0.1) is 0 Å².